The highest BCUT2D eigenvalue weighted by Gasteiger charge is 2.11. The van der Waals surface area contributed by atoms with E-state index < -0.39 is 5.82 Å². The molecule has 82 valence electrons. The van der Waals surface area contributed by atoms with E-state index in [-0.39, 0.29) is 15.9 Å². The molecule has 0 radical (unpaired) electrons. The van der Waals surface area contributed by atoms with Gasteiger partial charge in [-0.2, -0.15) is 0 Å². The van der Waals surface area contributed by atoms with E-state index in [1.54, 1.807) is 0 Å². The lowest BCUT2D eigenvalue weighted by atomic mass is 10.1. The van der Waals surface area contributed by atoms with Crippen molar-refractivity contribution >= 4 is 29.5 Å². The molecule has 1 N–H and O–H groups in total. The van der Waals surface area contributed by atoms with Crippen molar-refractivity contribution in [2.45, 2.75) is 0 Å². The van der Waals surface area contributed by atoms with Crippen LogP contribution < -0.4 is 0 Å². The lowest BCUT2D eigenvalue weighted by Gasteiger charge is -2.02. The molecule has 0 aliphatic rings. The molecule has 0 atom stereocenters. The quantitative estimate of drug-likeness (QED) is 0.664. The first kappa shape index (κ1) is 11.1. The molecular formula is C10H5Cl2FN2O. The van der Waals surface area contributed by atoms with Crippen LogP contribution in [0.2, 0.25) is 10.0 Å². The summed E-state index contributed by atoms with van der Waals surface area (Å²) in [7, 11) is 0. The van der Waals surface area contributed by atoms with E-state index in [2.05, 4.69) is 9.97 Å². The van der Waals surface area contributed by atoms with Gasteiger partial charge in [-0.1, -0.05) is 23.2 Å². The highest BCUT2D eigenvalue weighted by atomic mass is 35.5. The van der Waals surface area contributed by atoms with Crippen LogP contribution in [0.3, 0.4) is 0 Å². The van der Waals surface area contributed by atoms with E-state index >= 15 is 0 Å². The Hall–Kier alpha value is -1.39. The fraction of sp³-hybridized carbons (Fsp3) is 0. The molecule has 0 aliphatic heterocycles. The summed E-state index contributed by atoms with van der Waals surface area (Å²) in [6.07, 6.45) is 1.96. The number of halogens is 3. The first-order chi connectivity index (χ1) is 7.61. The van der Waals surface area contributed by atoms with Gasteiger partial charge in [-0.05, 0) is 12.1 Å². The molecule has 1 heterocycles. The number of aromatic amines is 1. The number of benzene rings is 1. The molecule has 3 nitrogen and oxygen atoms in total. The summed E-state index contributed by atoms with van der Waals surface area (Å²) in [5.74, 6) is -0.426. The largest absolute Gasteiger partial charge is 0.336 e. The predicted molar refractivity (Wildman–Crippen MR) is 59.4 cm³/mol. The minimum absolute atomic E-state index is 0.0520. The fourth-order valence-corrected chi connectivity index (χ4v) is 1.75. The highest BCUT2D eigenvalue weighted by molar-refractivity contribution is 6.36. The molecular weight excluding hydrogens is 254 g/mol. The highest BCUT2D eigenvalue weighted by Crippen LogP contribution is 2.31. The van der Waals surface area contributed by atoms with Crippen molar-refractivity contribution in [2.75, 3.05) is 0 Å². The SMILES string of the molecule is O=Cc1ncc(-c2cc(F)c(Cl)cc2Cl)[nH]1. The molecule has 0 amide bonds. The van der Waals surface area contributed by atoms with Gasteiger partial charge < -0.3 is 4.98 Å². The summed E-state index contributed by atoms with van der Waals surface area (Å²) in [4.78, 5) is 16.9. The molecule has 0 fully saturated rings. The minimum Gasteiger partial charge on any atom is -0.336 e. The van der Waals surface area contributed by atoms with Crippen LogP contribution in [0, 0.1) is 5.82 Å². The molecule has 0 saturated heterocycles. The number of H-pyrrole nitrogens is 1. The summed E-state index contributed by atoms with van der Waals surface area (Å²) in [6, 6.07) is 2.49. The maximum Gasteiger partial charge on any atom is 0.185 e. The molecule has 0 spiro atoms. The van der Waals surface area contributed by atoms with E-state index in [0.29, 0.717) is 17.5 Å². The average molecular weight is 259 g/mol. The van der Waals surface area contributed by atoms with Crippen LogP contribution in [-0.4, -0.2) is 16.3 Å². The molecule has 0 unspecified atom stereocenters. The maximum absolute atomic E-state index is 13.2. The van der Waals surface area contributed by atoms with Gasteiger partial charge in [-0.25, -0.2) is 9.37 Å². The van der Waals surface area contributed by atoms with Gasteiger partial charge in [0, 0.05) is 5.56 Å². The van der Waals surface area contributed by atoms with Gasteiger partial charge >= 0.3 is 0 Å². The van der Waals surface area contributed by atoms with Crippen LogP contribution in [0.1, 0.15) is 10.6 Å². The second-order valence-electron chi connectivity index (χ2n) is 3.05. The normalized spacial score (nSPS) is 10.4. The van der Waals surface area contributed by atoms with E-state index in [4.69, 9.17) is 23.2 Å². The Bertz CT molecular complexity index is 554. The zero-order valence-corrected chi connectivity index (χ0v) is 9.31. The standard InChI is InChI=1S/C10H5Cl2FN2O/c11-6-2-7(12)8(13)1-5(6)9-3-14-10(4-16)15-9/h1-4H,(H,14,15). The third kappa shape index (κ3) is 1.94. The lowest BCUT2D eigenvalue weighted by molar-refractivity contribution is 0.111. The Morgan fingerprint density at radius 1 is 1.31 bits per heavy atom. The number of aldehydes is 1. The molecule has 2 rings (SSSR count). The monoisotopic (exact) mass is 258 g/mol. The van der Waals surface area contributed by atoms with Crippen molar-refractivity contribution in [3.8, 4) is 11.3 Å². The third-order valence-corrected chi connectivity index (χ3v) is 2.61. The minimum atomic E-state index is -0.580. The van der Waals surface area contributed by atoms with E-state index in [9.17, 15) is 9.18 Å². The number of hydrogen-bond donors (Lipinski definition) is 1. The number of rotatable bonds is 2. The van der Waals surface area contributed by atoms with Crippen molar-refractivity contribution < 1.29 is 9.18 Å². The fourth-order valence-electron chi connectivity index (χ4n) is 1.26. The Labute approximate surface area is 100 Å². The third-order valence-electron chi connectivity index (χ3n) is 2.01. The van der Waals surface area contributed by atoms with Gasteiger partial charge in [0.05, 0.1) is 21.9 Å². The topological polar surface area (TPSA) is 45.8 Å². The van der Waals surface area contributed by atoms with Gasteiger partial charge in [0.25, 0.3) is 0 Å². The maximum atomic E-state index is 13.2. The summed E-state index contributed by atoms with van der Waals surface area (Å²) in [5, 5.41) is 0.233. The molecule has 0 aliphatic carbocycles. The number of nitrogens with zero attached hydrogens (tertiary/aromatic N) is 1. The summed E-state index contributed by atoms with van der Waals surface area (Å²) in [5.41, 5.74) is 0.867. The van der Waals surface area contributed by atoms with Gasteiger partial charge in [-0.15, -0.1) is 0 Å². The van der Waals surface area contributed by atoms with Crippen LogP contribution in [0.15, 0.2) is 18.3 Å². The Kier molecular flexibility index (Phi) is 2.94. The number of nitrogens with one attached hydrogen (secondary N) is 1. The molecule has 1 aromatic carbocycles. The van der Waals surface area contributed by atoms with Gasteiger partial charge in [0.15, 0.2) is 12.1 Å². The van der Waals surface area contributed by atoms with Crippen LogP contribution in [-0.2, 0) is 0 Å². The summed E-state index contributed by atoms with van der Waals surface area (Å²) in [6.45, 7) is 0. The first-order valence-corrected chi connectivity index (χ1v) is 5.02. The summed E-state index contributed by atoms with van der Waals surface area (Å²) >= 11 is 11.5. The van der Waals surface area contributed by atoms with Crippen LogP contribution in [0.5, 0.6) is 0 Å². The molecule has 6 heteroatoms. The average Bonchev–Trinajstić information content (AvgIpc) is 2.71. The molecule has 0 saturated carbocycles. The molecule has 0 bridgehead atoms. The van der Waals surface area contributed by atoms with Crippen molar-refractivity contribution in [3.05, 3.63) is 40.0 Å². The molecule has 16 heavy (non-hydrogen) atoms. The Morgan fingerprint density at radius 3 is 2.69 bits per heavy atom. The van der Waals surface area contributed by atoms with Crippen molar-refractivity contribution in [2.24, 2.45) is 0 Å². The number of imidazole rings is 1. The van der Waals surface area contributed by atoms with E-state index in [0.717, 1.165) is 0 Å². The Balaban J connectivity index is 2.55. The second kappa shape index (κ2) is 4.23. The van der Waals surface area contributed by atoms with E-state index in [1.165, 1.54) is 18.3 Å². The summed E-state index contributed by atoms with van der Waals surface area (Å²) < 4.78 is 13.2. The Morgan fingerprint density at radius 2 is 2.06 bits per heavy atom. The number of aromatic nitrogens is 2. The smallest absolute Gasteiger partial charge is 0.185 e. The van der Waals surface area contributed by atoms with Crippen molar-refractivity contribution in [3.63, 3.8) is 0 Å². The van der Waals surface area contributed by atoms with E-state index in [1.807, 2.05) is 0 Å². The molecule has 2 aromatic rings. The zero-order chi connectivity index (χ0) is 11.7. The van der Waals surface area contributed by atoms with Crippen LogP contribution in [0.4, 0.5) is 4.39 Å². The van der Waals surface area contributed by atoms with Crippen LogP contribution >= 0.6 is 23.2 Å². The van der Waals surface area contributed by atoms with Gasteiger partial charge in [0.2, 0.25) is 0 Å². The number of carbonyl (C=O) groups is 1. The predicted octanol–water partition coefficient (Wildman–Crippen LogP) is 3.34. The zero-order valence-electron chi connectivity index (χ0n) is 7.80. The number of hydrogen-bond acceptors (Lipinski definition) is 2. The van der Waals surface area contributed by atoms with Crippen LogP contribution in [0.25, 0.3) is 11.3 Å². The number of carbonyl (C=O) groups excluding carboxylic acids is 1. The van der Waals surface area contributed by atoms with Gasteiger partial charge in [0.1, 0.15) is 5.82 Å². The van der Waals surface area contributed by atoms with Gasteiger partial charge in [-0.3, -0.25) is 4.79 Å². The van der Waals surface area contributed by atoms with Crippen molar-refractivity contribution in [1.29, 1.82) is 0 Å². The second-order valence-corrected chi connectivity index (χ2v) is 3.86. The first-order valence-electron chi connectivity index (χ1n) is 4.27. The van der Waals surface area contributed by atoms with Crippen molar-refractivity contribution in [1.82, 2.24) is 9.97 Å². The lowest BCUT2D eigenvalue weighted by Crippen LogP contribution is -1.85. The molecule has 1 aromatic heterocycles.